The molecule has 0 aliphatic heterocycles. The van der Waals surface area contributed by atoms with Crippen LogP contribution in [0, 0.1) is 0 Å². The van der Waals surface area contributed by atoms with Crippen molar-refractivity contribution in [2.75, 3.05) is 19.6 Å². The van der Waals surface area contributed by atoms with Crippen LogP contribution in [-0.2, 0) is 6.54 Å². The molecule has 1 rings (SSSR count). The highest BCUT2D eigenvalue weighted by molar-refractivity contribution is 6.31. The van der Waals surface area contributed by atoms with E-state index < -0.39 is 0 Å². The number of oxime groups is 1. The Balaban J connectivity index is 2.60. The molecule has 1 aromatic carbocycles. The van der Waals surface area contributed by atoms with Gasteiger partial charge in [0.1, 0.15) is 0 Å². The minimum Gasteiger partial charge on any atom is -0.409 e. The summed E-state index contributed by atoms with van der Waals surface area (Å²) in [5.74, 6) is 0.0614. The van der Waals surface area contributed by atoms with Gasteiger partial charge >= 0.3 is 0 Å². The van der Waals surface area contributed by atoms with Gasteiger partial charge < -0.3 is 21.2 Å². The highest BCUT2D eigenvalue weighted by Crippen LogP contribution is 2.18. The largest absolute Gasteiger partial charge is 0.409 e. The summed E-state index contributed by atoms with van der Waals surface area (Å²) in [6.45, 7) is 10.3. The first-order chi connectivity index (χ1) is 10.0. The standard InChI is InChI=1S/C15H25ClN4O/c1-4-20(5-2)10-11(3)18-9-13-7-6-12(8-14(13)16)15(17)19-21/h6-8,11,18,21H,4-5,9-10H2,1-3H3,(H2,17,19). The number of likely N-dealkylation sites (N-methyl/N-ethyl adjacent to an activating group) is 1. The smallest absolute Gasteiger partial charge is 0.170 e. The van der Waals surface area contributed by atoms with Gasteiger partial charge in [-0.1, -0.05) is 42.7 Å². The van der Waals surface area contributed by atoms with Crippen molar-refractivity contribution >= 4 is 17.4 Å². The Bertz CT molecular complexity index is 475. The Morgan fingerprint density at radius 3 is 2.62 bits per heavy atom. The number of nitrogens with two attached hydrogens (primary N) is 1. The van der Waals surface area contributed by atoms with Crippen LogP contribution in [0.2, 0.25) is 5.02 Å². The average molecular weight is 313 g/mol. The van der Waals surface area contributed by atoms with Crippen molar-refractivity contribution in [1.82, 2.24) is 10.2 Å². The molecule has 1 atom stereocenters. The average Bonchev–Trinajstić information content (AvgIpc) is 2.50. The maximum absolute atomic E-state index is 8.66. The summed E-state index contributed by atoms with van der Waals surface area (Å²) in [6.07, 6.45) is 0. The van der Waals surface area contributed by atoms with Crippen molar-refractivity contribution in [3.05, 3.63) is 34.3 Å². The van der Waals surface area contributed by atoms with Gasteiger partial charge in [-0.2, -0.15) is 0 Å². The third-order valence-corrected chi connectivity index (χ3v) is 3.88. The predicted octanol–water partition coefficient (Wildman–Crippen LogP) is 2.25. The summed E-state index contributed by atoms with van der Waals surface area (Å²) in [4.78, 5) is 2.38. The number of nitrogens with one attached hydrogen (secondary N) is 1. The van der Waals surface area contributed by atoms with E-state index >= 15 is 0 Å². The molecule has 0 saturated heterocycles. The van der Waals surface area contributed by atoms with Crippen molar-refractivity contribution < 1.29 is 5.21 Å². The van der Waals surface area contributed by atoms with Crippen LogP contribution < -0.4 is 11.1 Å². The van der Waals surface area contributed by atoms with E-state index in [1.54, 1.807) is 12.1 Å². The number of halogens is 1. The van der Waals surface area contributed by atoms with Gasteiger partial charge in [-0.25, -0.2) is 0 Å². The molecule has 0 saturated carbocycles. The summed E-state index contributed by atoms with van der Waals surface area (Å²) >= 11 is 6.23. The van der Waals surface area contributed by atoms with E-state index in [0.29, 0.717) is 23.2 Å². The molecule has 5 nitrogen and oxygen atoms in total. The second-order valence-electron chi connectivity index (χ2n) is 5.06. The monoisotopic (exact) mass is 312 g/mol. The third-order valence-electron chi connectivity index (χ3n) is 3.52. The van der Waals surface area contributed by atoms with Crippen LogP contribution >= 0.6 is 11.6 Å². The predicted molar refractivity (Wildman–Crippen MR) is 88.1 cm³/mol. The summed E-state index contributed by atoms with van der Waals surface area (Å²) in [7, 11) is 0. The Hall–Kier alpha value is -1.30. The highest BCUT2D eigenvalue weighted by atomic mass is 35.5. The van der Waals surface area contributed by atoms with Crippen molar-refractivity contribution in [2.45, 2.75) is 33.4 Å². The lowest BCUT2D eigenvalue weighted by Gasteiger charge is -2.23. The van der Waals surface area contributed by atoms with Crippen molar-refractivity contribution in [2.24, 2.45) is 10.9 Å². The maximum atomic E-state index is 8.66. The molecule has 1 unspecified atom stereocenters. The highest BCUT2D eigenvalue weighted by Gasteiger charge is 2.09. The molecule has 0 amide bonds. The topological polar surface area (TPSA) is 73.9 Å². The first-order valence-electron chi connectivity index (χ1n) is 7.23. The van der Waals surface area contributed by atoms with Crippen LogP contribution in [0.15, 0.2) is 23.4 Å². The molecule has 0 radical (unpaired) electrons. The Morgan fingerprint density at radius 1 is 1.43 bits per heavy atom. The van der Waals surface area contributed by atoms with Crippen molar-refractivity contribution in [3.8, 4) is 0 Å². The van der Waals surface area contributed by atoms with E-state index in [1.807, 2.05) is 6.07 Å². The summed E-state index contributed by atoms with van der Waals surface area (Å²) < 4.78 is 0. The van der Waals surface area contributed by atoms with Crippen LogP contribution in [0.5, 0.6) is 0 Å². The summed E-state index contributed by atoms with van der Waals surface area (Å²) in [5, 5.41) is 15.7. The minimum atomic E-state index is 0.0614. The van der Waals surface area contributed by atoms with E-state index in [-0.39, 0.29) is 5.84 Å². The molecule has 0 aliphatic carbocycles. The van der Waals surface area contributed by atoms with Gasteiger partial charge in [-0.15, -0.1) is 0 Å². The van der Waals surface area contributed by atoms with Crippen molar-refractivity contribution in [1.29, 1.82) is 0 Å². The van der Waals surface area contributed by atoms with E-state index in [1.165, 1.54) is 0 Å². The molecular weight excluding hydrogens is 288 g/mol. The van der Waals surface area contributed by atoms with Crippen LogP contribution in [0.25, 0.3) is 0 Å². The summed E-state index contributed by atoms with van der Waals surface area (Å²) in [5.41, 5.74) is 7.15. The first kappa shape index (κ1) is 17.8. The summed E-state index contributed by atoms with van der Waals surface area (Å²) in [6, 6.07) is 5.78. The Labute approximate surface area is 131 Å². The fourth-order valence-electron chi connectivity index (χ4n) is 2.13. The van der Waals surface area contributed by atoms with Crippen molar-refractivity contribution in [3.63, 3.8) is 0 Å². The van der Waals surface area contributed by atoms with E-state index in [9.17, 15) is 0 Å². The van der Waals surface area contributed by atoms with Gasteiger partial charge in [0.2, 0.25) is 0 Å². The van der Waals surface area contributed by atoms with Gasteiger partial charge in [0.15, 0.2) is 5.84 Å². The molecule has 21 heavy (non-hydrogen) atoms. The SMILES string of the molecule is CCN(CC)CC(C)NCc1ccc(/C(N)=N/O)cc1Cl. The maximum Gasteiger partial charge on any atom is 0.170 e. The minimum absolute atomic E-state index is 0.0614. The fraction of sp³-hybridized carbons (Fsp3) is 0.533. The Morgan fingerprint density at radius 2 is 2.10 bits per heavy atom. The van der Waals surface area contributed by atoms with E-state index in [2.05, 4.69) is 36.1 Å². The Kier molecular flexibility index (Phi) is 7.50. The number of hydrogen-bond donors (Lipinski definition) is 3. The van der Waals surface area contributed by atoms with Gasteiger partial charge in [-0.05, 0) is 31.6 Å². The molecule has 0 aliphatic rings. The molecule has 118 valence electrons. The fourth-order valence-corrected chi connectivity index (χ4v) is 2.37. The van der Waals surface area contributed by atoms with Gasteiger partial charge in [0.05, 0.1) is 0 Å². The van der Waals surface area contributed by atoms with Crippen LogP contribution in [0.1, 0.15) is 31.9 Å². The lowest BCUT2D eigenvalue weighted by molar-refractivity contribution is 0.270. The van der Waals surface area contributed by atoms with Crippen LogP contribution in [0.4, 0.5) is 0 Å². The molecule has 1 aromatic rings. The molecule has 0 spiro atoms. The van der Waals surface area contributed by atoms with Crippen LogP contribution in [0.3, 0.4) is 0 Å². The molecule has 6 heteroatoms. The molecule has 0 bridgehead atoms. The van der Waals surface area contributed by atoms with E-state index in [4.69, 9.17) is 22.5 Å². The van der Waals surface area contributed by atoms with Gasteiger partial charge in [0.25, 0.3) is 0 Å². The van der Waals surface area contributed by atoms with Gasteiger partial charge in [-0.3, -0.25) is 0 Å². The second-order valence-corrected chi connectivity index (χ2v) is 5.47. The van der Waals surface area contributed by atoms with E-state index in [0.717, 1.165) is 25.2 Å². The number of hydrogen-bond acceptors (Lipinski definition) is 4. The zero-order chi connectivity index (χ0) is 15.8. The molecule has 0 aromatic heterocycles. The van der Waals surface area contributed by atoms with Gasteiger partial charge in [0, 0.05) is 29.7 Å². The van der Waals surface area contributed by atoms with Crippen LogP contribution in [-0.4, -0.2) is 41.6 Å². The molecular formula is C15H25ClN4O. The molecule has 4 N–H and O–H groups in total. The first-order valence-corrected chi connectivity index (χ1v) is 7.61. The lowest BCUT2D eigenvalue weighted by Crippen LogP contribution is -2.38. The third kappa shape index (κ3) is 5.53. The zero-order valence-electron chi connectivity index (χ0n) is 12.9. The quantitative estimate of drug-likeness (QED) is 0.298. The number of nitrogens with zero attached hydrogens (tertiary/aromatic N) is 2. The number of rotatable bonds is 8. The number of amidine groups is 1. The lowest BCUT2D eigenvalue weighted by atomic mass is 10.1. The molecule has 0 fully saturated rings. The second kappa shape index (κ2) is 8.87. The normalized spacial score (nSPS) is 13.7. The molecule has 0 heterocycles. The number of benzene rings is 1. The zero-order valence-corrected chi connectivity index (χ0v) is 13.7.